The Morgan fingerprint density at radius 3 is 1.33 bits per heavy atom. The molecule has 0 N–H and O–H groups in total. The van der Waals surface area contributed by atoms with Crippen LogP contribution in [0.1, 0.15) is 48.5 Å². The van der Waals surface area contributed by atoms with Crippen molar-refractivity contribution in [3.63, 3.8) is 0 Å². The zero-order valence-corrected chi connectivity index (χ0v) is 14.1. The first kappa shape index (κ1) is 19.4. The van der Waals surface area contributed by atoms with E-state index in [1.807, 2.05) is 0 Å². The lowest BCUT2D eigenvalue weighted by Gasteiger charge is -2.28. The van der Waals surface area contributed by atoms with Crippen molar-refractivity contribution in [1.29, 1.82) is 0 Å². The van der Waals surface area contributed by atoms with Crippen LogP contribution < -0.4 is 0 Å². The molecular weight excluding hydrogens is 276 g/mol. The van der Waals surface area contributed by atoms with Gasteiger partial charge in [0.25, 0.3) is 0 Å². The van der Waals surface area contributed by atoms with Gasteiger partial charge in [0.15, 0.2) is 5.92 Å². The minimum absolute atomic E-state index is 0.670. The van der Waals surface area contributed by atoms with Crippen LogP contribution in [0.3, 0.4) is 0 Å². The zero-order chi connectivity index (χ0) is 17.0. The maximum atomic E-state index is 12.2. The highest BCUT2D eigenvalue weighted by Gasteiger charge is 2.42. The predicted octanol–water partition coefficient (Wildman–Crippen LogP) is 2.10. The molecule has 6 heteroatoms. The van der Waals surface area contributed by atoms with Crippen molar-refractivity contribution in [3.05, 3.63) is 0 Å². The number of rotatable bonds is 4. The van der Waals surface area contributed by atoms with E-state index in [1.165, 1.54) is 14.0 Å². The van der Waals surface area contributed by atoms with Crippen LogP contribution in [0.2, 0.25) is 0 Å². The van der Waals surface area contributed by atoms with E-state index in [9.17, 15) is 14.4 Å². The summed E-state index contributed by atoms with van der Waals surface area (Å²) in [6, 6.07) is 0. The summed E-state index contributed by atoms with van der Waals surface area (Å²) in [4.78, 5) is 36.1. The molecule has 1 unspecified atom stereocenters. The van der Waals surface area contributed by atoms with Crippen LogP contribution in [0, 0.1) is 11.8 Å². The quantitative estimate of drug-likeness (QED) is 0.449. The third kappa shape index (κ3) is 7.11. The van der Waals surface area contributed by atoms with Gasteiger partial charge in [0.2, 0.25) is 0 Å². The van der Waals surface area contributed by atoms with E-state index in [2.05, 4.69) is 4.74 Å². The van der Waals surface area contributed by atoms with Crippen LogP contribution in [0.15, 0.2) is 0 Å². The maximum absolute atomic E-state index is 12.2. The van der Waals surface area contributed by atoms with Crippen LogP contribution in [-0.2, 0) is 28.6 Å². The van der Waals surface area contributed by atoms with Gasteiger partial charge in [0, 0.05) is 0 Å². The second-order valence-corrected chi connectivity index (χ2v) is 6.86. The second-order valence-electron chi connectivity index (χ2n) is 6.86. The number of hydrogen-bond donors (Lipinski definition) is 0. The smallest absolute Gasteiger partial charge is 0.321 e. The Bertz CT molecular complexity index is 371. The molecule has 0 saturated carbocycles. The molecule has 21 heavy (non-hydrogen) atoms. The van der Waals surface area contributed by atoms with Crippen molar-refractivity contribution in [2.24, 2.45) is 11.8 Å². The predicted molar refractivity (Wildman–Crippen MR) is 76.4 cm³/mol. The Balaban J connectivity index is 5.33. The summed E-state index contributed by atoms with van der Waals surface area (Å²) in [5, 5.41) is 0. The summed E-state index contributed by atoms with van der Waals surface area (Å²) in [6.45, 7) is 11.5. The lowest BCUT2D eigenvalue weighted by Crippen LogP contribution is -2.42. The van der Waals surface area contributed by atoms with Crippen molar-refractivity contribution in [3.8, 4) is 0 Å². The Morgan fingerprint density at radius 2 is 1.10 bits per heavy atom. The highest BCUT2D eigenvalue weighted by molar-refractivity contribution is 5.99. The number of esters is 3. The van der Waals surface area contributed by atoms with Gasteiger partial charge in [0.05, 0.1) is 13.0 Å². The van der Waals surface area contributed by atoms with Gasteiger partial charge in [-0.05, 0) is 41.5 Å². The average Bonchev–Trinajstić information content (AvgIpc) is 2.22. The second kappa shape index (κ2) is 6.91. The Kier molecular flexibility index (Phi) is 6.39. The fourth-order valence-electron chi connectivity index (χ4n) is 1.56. The lowest BCUT2D eigenvalue weighted by atomic mass is 9.93. The normalized spacial score (nSPS) is 13.6. The molecule has 0 fully saturated rings. The molecule has 6 nitrogen and oxygen atoms in total. The van der Waals surface area contributed by atoms with Crippen molar-refractivity contribution in [1.82, 2.24) is 0 Å². The number of carbonyl (C=O) groups excluding carboxylic acids is 3. The molecule has 0 aliphatic heterocycles. The third-order valence-corrected chi connectivity index (χ3v) is 2.39. The third-order valence-electron chi connectivity index (χ3n) is 2.39. The number of methoxy groups -OCH3 is 1. The summed E-state index contributed by atoms with van der Waals surface area (Å²) >= 11 is 0. The fourth-order valence-corrected chi connectivity index (χ4v) is 1.56. The molecule has 0 amide bonds. The standard InChI is InChI=1S/C15H26O6/c1-9(11(16)19-8)10(12(17)20-14(2,3)4)13(18)21-15(5,6)7/h9-10H,1-8H3. The van der Waals surface area contributed by atoms with E-state index in [0.717, 1.165) is 0 Å². The summed E-state index contributed by atoms with van der Waals surface area (Å²) < 4.78 is 15.0. The molecule has 0 aromatic carbocycles. The van der Waals surface area contributed by atoms with Gasteiger partial charge in [0.1, 0.15) is 11.2 Å². The van der Waals surface area contributed by atoms with Gasteiger partial charge in [-0.1, -0.05) is 6.92 Å². The molecule has 0 spiro atoms. The lowest BCUT2D eigenvalue weighted by molar-refractivity contribution is -0.181. The van der Waals surface area contributed by atoms with Crippen molar-refractivity contribution in [2.75, 3.05) is 7.11 Å². The fraction of sp³-hybridized carbons (Fsp3) is 0.800. The molecule has 0 saturated heterocycles. The van der Waals surface area contributed by atoms with Crippen molar-refractivity contribution < 1.29 is 28.6 Å². The van der Waals surface area contributed by atoms with Gasteiger partial charge in [-0.15, -0.1) is 0 Å². The van der Waals surface area contributed by atoms with Crippen LogP contribution >= 0.6 is 0 Å². The van der Waals surface area contributed by atoms with E-state index in [0.29, 0.717) is 0 Å². The highest BCUT2D eigenvalue weighted by atomic mass is 16.6. The topological polar surface area (TPSA) is 78.9 Å². The van der Waals surface area contributed by atoms with Crippen LogP contribution in [0.5, 0.6) is 0 Å². The Labute approximate surface area is 126 Å². The monoisotopic (exact) mass is 302 g/mol. The van der Waals surface area contributed by atoms with Crippen molar-refractivity contribution >= 4 is 17.9 Å². The Morgan fingerprint density at radius 1 is 0.762 bits per heavy atom. The first-order chi connectivity index (χ1) is 9.28. The van der Waals surface area contributed by atoms with Crippen molar-refractivity contribution in [2.45, 2.75) is 59.7 Å². The first-order valence-corrected chi connectivity index (χ1v) is 6.82. The van der Waals surface area contributed by atoms with E-state index in [1.54, 1.807) is 41.5 Å². The molecule has 0 radical (unpaired) electrons. The molecule has 1 atom stereocenters. The van der Waals surface area contributed by atoms with Gasteiger partial charge in [-0.2, -0.15) is 0 Å². The summed E-state index contributed by atoms with van der Waals surface area (Å²) in [6.07, 6.45) is 0. The highest BCUT2D eigenvalue weighted by Crippen LogP contribution is 2.23. The molecule has 0 heterocycles. The van der Waals surface area contributed by atoms with Crippen LogP contribution in [0.25, 0.3) is 0 Å². The molecule has 0 aromatic rings. The molecule has 0 aliphatic carbocycles. The van der Waals surface area contributed by atoms with E-state index in [-0.39, 0.29) is 0 Å². The van der Waals surface area contributed by atoms with E-state index < -0.39 is 40.9 Å². The van der Waals surface area contributed by atoms with Gasteiger partial charge in [-0.25, -0.2) is 0 Å². The first-order valence-electron chi connectivity index (χ1n) is 6.82. The van der Waals surface area contributed by atoms with Gasteiger partial charge in [-0.3, -0.25) is 14.4 Å². The minimum atomic E-state index is -1.35. The molecule has 0 bridgehead atoms. The number of ether oxygens (including phenoxy) is 3. The molecule has 0 aliphatic rings. The SMILES string of the molecule is COC(=O)C(C)C(C(=O)OC(C)(C)C)C(=O)OC(C)(C)C. The molecule has 122 valence electrons. The van der Waals surface area contributed by atoms with Crippen LogP contribution in [-0.4, -0.2) is 36.2 Å². The Hall–Kier alpha value is -1.59. The summed E-state index contributed by atoms with van der Waals surface area (Å²) in [5.41, 5.74) is -1.54. The van der Waals surface area contributed by atoms with E-state index >= 15 is 0 Å². The number of hydrogen-bond acceptors (Lipinski definition) is 6. The molecule has 0 rings (SSSR count). The summed E-state index contributed by atoms with van der Waals surface area (Å²) in [5.74, 6) is -4.60. The maximum Gasteiger partial charge on any atom is 0.321 e. The summed E-state index contributed by atoms with van der Waals surface area (Å²) in [7, 11) is 1.19. The van der Waals surface area contributed by atoms with E-state index in [4.69, 9.17) is 9.47 Å². The largest absolute Gasteiger partial charge is 0.469 e. The number of carbonyl (C=O) groups is 3. The molecule has 0 aromatic heterocycles. The van der Waals surface area contributed by atoms with Gasteiger partial charge >= 0.3 is 17.9 Å². The zero-order valence-electron chi connectivity index (χ0n) is 14.1. The average molecular weight is 302 g/mol. The minimum Gasteiger partial charge on any atom is -0.469 e. The molecular formula is C15H26O6. The van der Waals surface area contributed by atoms with Gasteiger partial charge < -0.3 is 14.2 Å². The van der Waals surface area contributed by atoms with Crippen LogP contribution in [0.4, 0.5) is 0 Å².